The minimum absolute atomic E-state index is 0.240. The van der Waals surface area contributed by atoms with E-state index in [0.29, 0.717) is 68.6 Å². The molecule has 196 valence electrons. The summed E-state index contributed by atoms with van der Waals surface area (Å²) in [5.41, 5.74) is 3.21. The van der Waals surface area contributed by atoms with Crippen LogP contribution in [-0.2, 0) is 6.42 Å². The number of carboxylic acid groups (broad SMARTS) is 1. The van der Waals surface area contributed by atoms with Crippen LogP contribution < -0.4 is 10.5 Å². The quantitative estimate of drug-likeness (QED) is 0.322. The maximum absolute atomic E-state index is 13.4. The van der Waals surface area contributed by atoms with Gasteiger partial charge in [0, 0.05) is 41.4 Å². The van der Waals surface area contributed by atoms with Gasteiger partial charge in [0.25, 0.3) is 5.56 Å². The summed E-state index contributed by atoms with van der Waals surface area (Å²) in [6.45, 7) is 0. The van der Waals surface area contributed by atoms with E-state index in [1.54, 1.807) is 47.0 Å². The Hall–Kier alpha value is -4.55. The second-order valence-electron chi connectivity index (χ2n) is 8.91. The zero-order valence-corrected chi connectivity index (χ0v) is 21.8. The fourth-order valence-corrected chi connectivity index (χ4v) is 5.12. The first kappa shape index (κ1) is 24.8. The molecule has 6 rings (SSSR count). The van der Waals surface area contributed by atoms with Gasteiger partial charge in [0.15, 0.2) is 0 Å². The van der Waals surface area contributed by atoms with Crippen molar-refractivity contribution in [3.63, 3.8) is 0 Å². The van der Waals surface area contributed by atoms with Gasteiger partial charge in [0.05, 0.1) is 17.4 Å². The molecule has 0 saturated heterocycles. The average molecular weight is 564 g/mol. The molecule has 1 amide bonds. The number of fused-ring (bicyclic) bond motifs is 1. The predicted octanol–water partition coefficient (Wildman–Crippen LogP) is 4.23. The highest BCUT2D eigenvalue weighted by Crippen LogP contribution is 2.35. The van der Waals surface area contributed by atoms with Crippen molar-refractivity contribution in [1.82, 2.24) is 39.7 Å². The SMILES string of the molecule is CN(C(=O)O)c1ccc(-c2nc([C@@H]3CCc4nc(-c5cc(Cl)ccc5-n5cnnn5)cc(=O)n43)[nH]c2Cl)cc1. The van der Waals surface area contributed by atoms with E-state index in [1.165, 1.54) is 24.1 Å². The zero-order chi connectivity index (χ0) is 27.3. The molecule has 0 saturated carbocycles. The Balaban J connectivity index is 1.35. The highest BCUT2D eigenvalue weighted by molar-refractivity contribution is 6.32. The zero-order valence-electron chi connectivity index (χ0n) is 20.3. The summed E-state index contributed by atoms with van der Waals surface area (Å²) in [5.74, 6) is 1.15. The molecule has 0 unspecified atom stereocenters. The largest absolute Gasteiger partial charge is 0.465 e. The lowest BCUT2D eigenvalue weighted by Gasteiger charge is -2.14. The number of halogens is 2. The number of H-pyrrole nitrogens is 1. The lowest BCUT2D eigenvalue weighted by Crippen LogP contribution is -2.25. The van der Waals surface area contributed by atoms with Gasteiger partial charge in [-0.1, -0.05) is 35.3 Å². The van der Waals surface area contributed by atoms with Gasteiger partial charge in [-0.25, -0.2) is 14.8 Å². The normalized spacial score (nSPS) is 14.4. The molecule has 2 aromatic carbocycles. The Morgan fingerprint density at radius 2 is 1.92 bits per heavy atom. The molecule has 5 aromatic rings. The summed E-state index contributed by atoms with van der Waals surface area (Å²) in [4.78, 5) is 38.3. The molecule has 0 aliphatic carbocycles. The van der Waals surface area contributed by atoms with Gasteiger partial charge in [0.1, 0.15) is 28.8 Å². The van der Waals surface area contributed by atoms with Gasteiger partial charge in [-0.3, -0.25) is 14.3 Å². The van der Waals surface area contributed by atoms with Crippen LogP contribution in [0.3, 0.4) is 0 Å². The number of tetrazole rings is 1. The number of nitrogens with zero attached hydrogens (tertiary/aromatic N) is 8. The predicted molar refractivity (Wildman–Crippen MR) is 144 cm³/mol. The van der Waals surface area contributed by atoms with E-state index in [2.05, 4.69) is 20.5 Å². The fraction of sp³-hybridized carbons (Fsp3) is 0.160. The van der Waals surface area contributed by atoms with E-state index in [-0.39, 0.29) is 11.6 Å². The summed E-state index contributed by atoms with van der Waals surface area (Å²) in [6.07, 6.45) is 1.55. The second kappa shape index (κ2) is 9.64. The van der Waals surface area contributed by atoms with E-state index < -0.39 is 6.09 Å². The Bertz CT molecular complexity index is 1760. The van der Waals surface area contributed by atoms with E-state index in [4.69, 9.17) is 33.2 Å². The van der Waals surface area contributed by atoms with Crippen molar-refractivity contribution in [3.8, 4) is 28.2 Å². The minimum Gasteiger partial charge on any atom is -0.465 e. The summed E-state index contributed by atoms with van der Waals surface area (Å²) in [6, 6.07) is 13.1. The maximum atomic E-state index is 13.4. The number of aromatic amines is 1. The molecule has 1 aliphatic heterocycles. The molecule has 1 atom stereocenters. The number of hydrogen-bond acceptors (Lipinski definition) is 7. The van der Waals surface area contributed by atoms with E-state index in [1.807, 2.05) is 0 Å². The first-order chi connectivity index (χ1) is 18.8. The number of hydrogen-bond donors (Lipinski definition) is 2. The monoisotopic (exact) mass is 563 g/mol. The highest BCUT2D eigenvalue weighted by atomic mass is 35.5. The number of carbonyl (C=O) groups is 1. The van der Waals surface area contributed by atoms with Crippen molar-refractivity contribution >= 4 is 35.0 Å². The summed E-state index contributed by atoms with van der Waals surface area (Å²) in [5, 5.41) is 21.3. The Morgan fingerprint density at radius 1 is 1.13 bits per heavy atom. The molecule has 0 radical (unpaired) electrons. The van der Waals surface area contributed by atoms with E-state index in [9.17, 15) is 14.7 Å². The number of nitrogens with one attached hydrogen (secondary N) is 1. The van der Waals surface area contributed by atoms with Crippen molar-refractivity contribution in [2.75, 3.05) is 11.9 Å². The van der Waals surface area contributed by atoms with Gasteiger partial charge in [0.2, 0.25) is 0 Å². The lowest BCUT2D eigenvalue weighted by atomic mass is 10.1. The molecular formula is C25H19Cl2N9O3. The van der Waals surface area contributed by atoms with Crippen molar-refractivity contribution in [3.05, 3.63) is 87.0 Å². The third-order valence-electron chi connectivity index (χ3n) is 6.62. The first-order valence-corrected chi connectivity index (χ1v) is 12.5. The molecule has 0 bridgehead atoms. The topological polar surface area (TPSA) is 148 Å². The molecule has 3 aromatic heterocycles. The van der Waals surface area contributed by atoms with Crippen LogP contribution in [0.15, 0.2) is 59.7 Å². The number of amides is 1. The molecule has 39 heavy (non-hydrogen) atoms. The lowest BCUT2D eigenvalue weighted by molar-refractivity contribution is 0.203. The maximum Gasteiger partial charge on any atom is 0.411 e. The van der Waals surface area contributed by atoms with Crippen molar-refractivity contribution in [2.24, 2.45) is 0 Å². The van der Waals surface area contributed by atoms with Gasteiger partial charge in [-0.05, 0) is 47.2 Å². The Morgan fingerprint density at radius 3 is 2.64 bits per heavy atom. The van der Waals surface area contributed by atoms with Crippen LogP contribution in [0, 0.1) is 0 Å². The summed E-state index contributed by atoms with van der Waals surface area (Å²) in [7, 11) is 1.46. The number of benzene rings is 2. The van der Waals surface area contributed by atoms with Crippen LogP contribution in [-0.4, -0.2) is 58.0 Å². The van der Waals surface area contributed by atoms with Crippen LogP contribution in [0.25, 0.3) is 28.2 Å². The molecule has 14 heteroatoms. The molecule has 0 fully saturated rings. The van der Waals surface area contributed by atoms with Gasteiger partial charge < -0.3 is 10.1 Å². The fourth-order valence-electron chi connectivity index (χ4n) is 4.70. The van der Waals surface area contributed by atoms with Crippen LogP contribution in [0.5, 0.6) is 0 Å². The summed E-state index contributed by atoms with van der Waals surface area (Å²) >= 11 is 12.8. The van der Waals surface area contributed by atoms with Crippen LogP contribution in [0.2, 0.25) is 10.2 Å². The van der Waals surface area contributed by atoms with Gasteiger partial charge in [-0.15, -0.1) is 5.10 Å². The Kier molecular flexibility index (Phi) is 6.12. The second-order valence-corrected chi connectivity index (χ2v) is 9.72. The van der Waals surface area contributed by atoms with Crippen molar-refractivity contribution in [2.45, 2.75) is 18.9 Å². The van der Waals surface area contributed by atoms with Crippen LogP contribution >= 0.6 is 23.2 Å². The van der Waals surface area contributed by atoms with Crippen LogP contribution in [0.4, 0.5) is 10.5 Å². The van der Waals surface area contributed by atoms with Gasteiger partial charge >= 0.3 is 6.09 Å². The molecule has 12 nitrogen and oxygen atoms in total. The average Bonchev–Trinajstić information content (AvgIpc) is 3.68. The molecule has 4 heterocycles. The van der Waals surface area contributed by atoms with Crippen molar-refractivity contribution in [1.29, 1.82) is 0 Å². The highest BCUT2D eigenvalue weighted by Gasteiger charge is 2.30. The molecular weight excluding hydrogens is 545 g/mol. The number of aryl methyl sites for hydroxylation is 1. The number of rotatable bonds is 5. The van der Waals surface area contributed by atoms with Crippen molar-refractivity contribution < 1.29 is 9.90 Å². The summed E-state index contributed by atoms with van der Waals surface area (Å²) < 4.78 is 3.11. The number of anilines is 1. The first-order valence-electron chi connectivity index (χ1n) is 11.8. The number of imidazole rings is 1. The number of aromatic nitrogens is 8. The third-order valence-corrected chi connectivity index (χ3v) is 7.13. The smallest absolute Gasteiger partial charge is 0.411 e. The molecule has 2 N–H and O–H groups in total. The minimum atomic E-state index is -1.06. The van der Waals surface area contributed by atoms with Gasteiger partial charge in [-0.2, -0.15) is 4.68 Å². The third kappa shape index (κ3) is 4.43. The standard InChI is InChI=1S/C25H19Cl2N9O3/c1-34(25(38)39)15-5-2-13(3-6-15)22-23(27)31-24(30-22)19-8-9-20-29-17(11-21(37)36(19)20)16-10-14(26)4-7-18(16)35-12-28-32-33-35/h2-7,10-12,19H,8-9H2,1H3,(H,30,31)(H,38,39)/t19-/m0/s1. The Labute approximate surface area is 230 Å². The molecule has 0 spiro atoms. The van der Waals surface area contributed by atoms with E-state index >= 15 is 0 Å². The molecule has 1 aliphatic rings. The van der Waals surface area contributed by atoms with E-state index in [0.717, 1.165) is 4.90 Å². The van der Waals surface area contributed by atoms with Crippen LogP contribution in [0.1, 0.15) is 24.1 Å².